The highest BCUT2D eigenvalue weighted by atomic mass is 32.1. The van der Waals surface area contributed by atoms with Gasteiger partial charge in [0.15, 0.2) is 0 Å². The fourth-order valence-electron chi connectivity index (χ4n) is 3.69. The maximum Gasteiger partial charge on any atom is 0.259 e. The Kier molecular flexibility index (Phi) is 5.73. The Hall–Kier alpha value is -3.27. The average Bonchev–Trinajstić information content (AvgIpc) is 3.08. The molecule has 0 bridgehead atoms. The van der Waals surface area contributed by atoms with Crippen molar-refractivity contribution >= 4 is 44.9 Å². The largest absolute Gasteiger partial charge is 0.488 e. The van der Waals surface area contributed by atoms with Gasteiger partial charge in [-0.25, -0.2) is 14.4 Å². The monoisotopic (exact) mass is 443 g/mol. The van der Waals surface area contributed by atoms with E-state index in [1.807, 2.05) is 0 Å². The van der Waals surface area contributed by atoms with E-state index in [9.17, 15) is 14.0 Å². The van der Waals surface area contributed by atoms with Crippen molar-refractivity contribution in [3.63, 3.8) is 0 Å². The molecule has 0 aliphatic carbocycles. The second-order valence-corrected chi connectivity index (χ2v) is 8.41. The molecule has 1 aliphatic rings. The molecule has 1 aromatic carbocycles. The number of carbonyl (C=O) groups excluding carboxylic acids is 2. The SMILES string of the molecule is CC(=O)N1CCC(Oc2cc(F)ccc2Nc2ncnc3sc(C(N)=O)c(C)c23)CC1. The number of benzene rings is 1. The quantitative estimate of drug-likeness (QED) is 0.626. The third kappa shape index (κ3) is 4.29. The van der Waals surface area contributed by atoms with Crippen LogP contribution in [-0.4, -0.2) is 45.9 Å². The molecular weight excluding hydrogens is 421 g/mol. The summed E-state index contributed by atoms with van der Waals surface area (Å²) in [5.74, 6) is -0.0580. The molecule has 1 saturated heterocycles. The van der Waals surface area contributed by atoms with Crippen LogP contribution in [0, 0.1) is 12.7 Å². The van der Waals surface area contributed by atoms with Crippen molar-refractivity contribution in [1.29, 1.82) is 0 Å². The smallest absolute Gasteiger partial charge is 0.259 e. The zero-order valence-electron chi connectivity index (χ0n) is 17.1. The highest BCUT2D eigenvalue weighted by Crippen LogP contribution is 2.36. The van der Waals surface area contributed by atoms with E-state index in [1.165, 1.54) is 29.8 Å². The number of thiophene rings is 1. The first-order valence-electron chi connectivity index (χ1n) is 9.86. The zero-order chi connectivity index (χ0) is 22.1. The Morgan fingerprint density at radius 3 is 2.71 bits per heavy atom. The molecule has 1 aliphatic heterocycles. The fourth-order valence-corrected chi connectivity index (χ4v) is 4.69. The molecule has 0 radical (unpaired) electrons. The second-order valence-electron chi connectivity index (χ2n) is 7.41. The molecule has 31 heavy (non-hydrogen) atoms. The van der Waals surface area contributed by atoms with Crippen LogP contribution in [-0.2, 0) is 4.79 Å². The van der Waals surface area contributed by atoms with E-state index in [4.69, 9.17) is 10.5 Å². The van der Waals surface area contributed by atoms with Gasteiger partial charge in [-0.2, -0.15) is 0 Å². The van der Waals surface area contributed by atoms with Gasteiger partial charge in [-0.05, 0) is 24.6 Å². The first-order chi connectivity index (χ1) is 14.8. The van der Waals surface area contributed by atoms with Gasteiger partial charge in [-0.15, -0.1) is 11.3 Å². The third-order valence-corrected chi connectivity index (χ3v) is 6.54. The van der Waals surface area contributed by atoms with Crippen molar-refractivity contribution in [2.45, 2.75) is 32.8 Å². The van der Waals surface area contributed by atoms with Crippen molar-refractivity contribution in [3.05, 3.63) is 40.8 Å². The Morgan fingerprint density at radius 2 is 2.03 bits per heavy atom. The Bertz CT molecular complexity index is 1160. The van der Waals surface area contributed by atoms with Crippen molar-refractivity contribution in [3.8, 4) is 5.75 Å². The van der Waals surface area contributed by atoms with Gasteiger partial charge < -0.3 is 20.7 Å². The van der Waals surface area contributed by atoms with Gasteiger partial charge in [0.05, 0.1) is 16.0 Å². The van der Waals surface area contributed by atoms with Crippen LogP contribution in [0.5, 0.6) is 5.75 Å². The number of rotatable bonds is 5. The van der Waals surface area contributed by atoms with Gasteiger partial charge >= 0.3 is 0 Å². The number of fused-ring (bicyclic) bond motifs is 1. The van der Waals surface area contributed by atoms with E-state index in [2.05, 4.69) is 15.3 Å². The van der Waals surface area contributed by atoms with Gasteiger partial charge in [0.2, 0.25) is 5.91 Å². The highest BCUT2D eigenvalue weighted by molar-refractivity contribution is 7.20. The first-order valence-corrected chi connectivity index (χ1v) is 10.7. The molecule has 162 valence electrons. The van der Waals surface area contributed by atoms with Gasteiger partial charge in [-0.3, -0.25) is 9.59 Å². The van der Waals surface area contributed by atoms with Crippen LogP contribution < -0.4 is 15.8 Å². The number of anilines is 2. The lowest BCUT2D eigenvalue weighted by Crippen LogP contribution is -2.40. The summed E-state index contributed by atoms with van der Waals surface area (Å²) in [5, 5.41) is 3.89. The van der Waals surface area contributed by atoms with E-state index in [0.717, 1.165) is 0 Å². The fraction of sp³-hybridized carbons (Fsp3) is 0.333. The van der Waals surface area contributed by atoms with Crippen LogP contribution in [0.3, 0.4) is 0 Å². The number of nitrogens with zero attached hydrogens (tertiary/aromatic N) is 3. The number of nitrogens with one attached hydrogen (secondary N) is 1. The molecule has 3 N–H and O–H groups in total. The van der Waals surface area contributed by atoms with Crippen LogP contribution >= 0.6 is 11.3 Å². The van der Waals surface area contributed by atoms with Crippen molar-refractivity contribution < 1.29 is 18.7 Å². The molecule has 2 amide bonds. The Morgan fingerprint density at radius 1 is 1.29 bits per heavy atom. The molecule has 0 atom stereocenters. The molecule has 2 aromatic heterocycles. The van der Waals surface area contributed by atoms with Crippen molar-refractivity contribution in [2.75, 3.05) is 18.4 Å². The lowest BCUT2D eigenvalue weighted by atomic mass is 10.1. The molecule has 0 spiro atoms. The van der Waals surface area contributed by atoms with Gasteiger partial charge in [0.25, 0.3) is 5.91 Å². The van der Waals surface area contributed by atoms with E-state index >= 15 is 0 Å². The minimum atomic E-state index is -0.519. The number of likely N-dealkylation sites (tertiary alicyclic amines) is 1. The molecule has 0 saturated carbocycles. The first kappa shape index (κ1) is 21.0. The molecule has 3 aromatic rings. The van der Waals surface area contributed by atoms with Gasteiger partial charge in [-0.1, -0.05) is 0 Å². The standard InChI is InChI=1S/C21H22FN5O3S/c1-11-17-20(24-10-25-21(17)31-18(11)19(23)29)26-15-4-3-13(22)9-16(15)30-14-5-7-27(8-6-14)12(2)28/h3-4,9-10,14H,5-8H2,1-2H3,(H2,23,29)(H,24,25,26). The number of aromatic nitrogens is 2. The summed E-state index contributed by atoms with van der Waals surface area (Å²) < 4.78 is 20.1. The molecule has 10 heteroatoms. The van der Waals surface area contributed by atoms with E-state index in [-0.39, 0.29) is 12.0 Å². The number of amides is 2. The lowest BCUT2D eigenvalue weighted by molar-refractivity contribution is -0.130. The summed E-state index contributed by atoms with van der Waals surface area (Å²) >= 11 is 1.21. The van der Waals surface area contributed by atoms with Crippen molar-refractivity contribution in [1.82, 2.24) is 14.9 Å². The van der Waals surface area contributed by atoms with Crippen LogP contribution in [0.1, 0.15) is 35.0 Å². The maximum absolute atomic E-state index is 14.0. The number of hydrogen-bond acceptors (Lipinski definition) is 7. The van der Waals surface area contributed by atoms with Crippen LogP contribution in [0.4, 0.5) is 15.9 Å². The molecule has 0 unspecified atom stereocenters. The maximum atomic E-state index is 14.0. The van der Waals surface area contributed by atoms with Crippen LogP contribution in [0.2, 0.25) is 0 Å². The normalized spacial score (nSPS) is 14.6. The predicted molar refractivity (Wildman–Crippen MR) is 116 cm³/mol. The van der Waals surface area contributed by atoms with Crippen LogP contribution in [0.15, 0.2) is 24.5 Å². The molecule has 4 rings (SSSR count). The average molecular weight is 444 g/mol. The zero-order valence-corrected chi connectivity index (χ0v) is 18.0. The summed E-state index contributed by atoms with van der Waals surface area (Å²) in [7, 11) is 0. The lowest BCUT2D eigenvalue weighted by Gasteiger charge is -2.32. The number of halogens is 1. The number of ether oxygens (including phenoxy) is 1. The Labute approximate surface area is 182 Å². The number of nitrogens with two attached hydrogens (primary N) is 1. The van der Waals surface area contributed by atoms with Crippen molar-refractivity contribution in [2.24, 2.45) is 5.73 Å². The summed E-state index contributed by atoms with van der Waals surface area (Å²) in [5.41, 5.74) is 6.71. The number of carbonyl (C=O) groups is 2. The Balaban J connectivity index is 1.62. The van der Waals surface area contributed by atoms with E-state index in [0.29, 0.717) is 63.8 Å². The molecule has 3 heterocycles. The minimum Gasteiger partial charge on any atom is -0.488 e. The van der Waals surface area contributed by atoms with E-state index in [1.54, 1.807) is 24.8 Å². The molecular formula is C21H22FN5O3S. The number of piperidine rings is 1. The summed E-state index contributed by atoms with van der Waals surface area (Å²) in [6.07, 6.45) is 2.60. The van der Waals surface area contributed by atoms with Gasteiger partial charge in [0.1, 0.15) is 34.6 Å². The minimum absolute atomic E-state index is 0.0424. The summed E-state index contributed by atoms with van der Waals surface area (Å²) in [6.45, 7) is 4.55. The number of hydrogen-bond donors (Lipinski definition) is 2. The molecule has 8 nitrogen and oxygen atoms in total. The second kappa shape index (κ2) is 8.46. The van der Waals surface area contributed by atoms with Crippen LogP contribution in [0.25, 0.3) is 10.2 Å². The summed E-state index contributed by atoms with van der Waals surface area (Å²) in [4.78, 5) is 34.6. The van der Waals surface area contributed by atoms with Gasteiger partial charge in [0, 0.05) is 38.9 Å². The highest BCUT2D eigenvalue weighted by Gasteiger charge is 2.24. The third-order valence-electron chi connectivity index (χ3n) is 5.33. The van der Waals surface area contributed by atoms with E-state index < -0.39 is 11.7 Å². The predicted octanol–water partition coefficient (Wildman–Crippen LogP) is 3.37. The molecule has 1 fully saturated rings. The number of aryl methyl sites for hydroxylation is 1. The summed E-state index contributed by atoms with van der Waals surface area (Å²) in [6, 6.07) is 4.24. The number of primary amides is 1. The topological polar surface area (TPSA) is 110 Å².